The second-order valence-corrected chi connectivity index (χ2v) is 7.06. The maximum atomic E-state index is 12.8. The van der Waals surface area contributed by atoms with E-state index in [1.165, 1.54) is 12.1 Å². The van der Waals surface area contributed by atoms with Crippen molar-refractivity contribution in [2.24, 2.45) is 0 Å². The van der Waals surface area contributed by atoms with E-state index >= 15 is 0 Å². The molecule has 0 spiro atoms. The molecule has 0 heterocycles. The average molecular weight is 361 g/mol. The summed E-state index contributed by atoms with van der Waals surface area (Å²) in [5.41, 5.74) is 3.09. The molecule has 2 aromatic rings. The van der Waals surface area contributed by atoms with Gasteiger partial charge >= 0.3 is 0 Å². The molecule has 0 radical (unpaired) electrons. The van der Waals surface area contributed by atoms with Crippen LogP contribution in [0.25, 0.3) is 0 Å². The molecule has 0 aromatic heterocycles. The summed E-state index contributed by atoms with van der Waals surface area (Å²) in [6.45, 7) is 4.57. The Morgan fingerprint density at radius 2 is 1.76 bits per heavy atom. The smallest absolute Gasteiger partial charge is 0.224 e. The number of anilines is 1. The zero-order valence-electron chi connectivity index (χ0n) is 14.7. The second kappa shape index (κ2) is 10.1. The number of aryl methyl sites for hydroxylation is 2. The third-order valence-corrected chi connectivity index (χ3v) is 4.78. The Bertz CT molecular complexity index is 668. The lowest BCUT2D eigenvalue weighted by Gasteiger charge is -2.11. The van der Waals surface area contributed by atoms with Crippen LogP contribution in [0.4, 0.5) is 10.1 Å². The highest BCUT2D eigenvalue weighted by atomic mass is 32.2. The number of hydrogen-bond donors (Lipinski definition) is 1. The molecule has 0 atom stereocenters. The Morgan fingerprint density at radius 1 is 1.08 bits per heavy atom. The van der Waals surface area contributed by atoms with Gasteiger partial charge in [-0.25, -0.2) is 4.39 Å². The van der Waals surface area contributed by atoms with Crippen molar-refractivity contribution in [3.05, 3.63) is 59.4 Å². The lowest BCUT2D eigenvalue weighted by atomic mass is 10.1. The Hall–Kier alpha value is -2.01. The van der Waals surface area contributed by atoms with Gasteiger partial charge in [0.2, 0.25) is 5.91 Å². The summed E-state index contributed by atoms with van der Waals surface area (Å²) < 4.78 is 18.3. The quantitative estimate of drug-likeness (QED) is 0.641. The number of carbonyl (C=O) groups is 1. The number of amides is 1. The number of hydrogen-bond acceptors (Lipinski definition) is 3. The number of nitrogens with one attached hydrogen (secondary N) is 1. The third-order valence-electron chi connectivity index (χ3n) is 3.75. The first-order valence-corrected chi connectivity index (χ1v) is 9.54. The Kier molecular flexibility index (Phi) is 7.79. The van der Waals surface area contributed by atoms with Crippen LogP contribution >= 0.6 is 11.8 Å². The Morgan fingerprint density at radius 3 is 2.44 bits per heavy atom. The lowest BCUT2D eigenvalue weighted by Crippen LogP contribution is -2.13. The maximum absolute atomic E-state index is 12.8. The summed E-state index contributed by atoms with van der Waals surface area (Å²) in [6, 6.07) is 12.0. The van der Waals surface area contributed by atoms with Crippen LogP contribution in [0.15, 0.2) is 42.5 Å². The average Bonchev–Trinajstić information content (AvgIpc) is 2.59. The molecule has 3 nitrogen and oxygen atoms in total. The van der Waals surface area contributed by atoms with Crippen LogP contribution in [0.3, 0.4) is 0 Å². The zero-order chi connectivity index (χ0) is 18.1. The lowest BCUT2D eigenvalue weighted by molar-refractivity contribution is -0.116. The standard InChI is InChI=1S/C20H24FNO2S/c1-15-5-3-6-16(2)20(15)22-19(23)7-4-13-25-14-12-24-18-10-8-17(21)9-11-18/h3,5-6,8-11H,4,7,12-14H2,1-2H3,(H,22,23). The number of para-hydroxylation sites is 1. The van der Waals surface area contributed by atoms with Crippen LogP contribution in [0, 0.1) is 19.7 Å². The first-order chi connectivity index (χ1) is 12.1. The molecule has 1 amide bonds. The summed E-state index contributed by atoms with van der Waals surface area (Å²) in [5.74, 6) is 2.22. The molecule has 0 unspecified atom stereocenters. The highest BCUT2D eigenvalue weighted by Crippen LogP contribution is 2.20. The van der Waals surface area contributed by atoms with Crippen molar-refractivity contribution in [2.75, 3.05) is 23.4 Å². The van der Waals surface area contributed by atoms with E-state index in [2.05, 4.69) is 5.32 Å². The fourth-order valence-corrected chi connectivity index (χ4v) is 3.15. The van der Waals surface area contributed by atoms with Gasteiger partial charge in [0.05, 0.1) is 6.61 Å². The van der Waals surface area contributed by atoms with E-state index in [9.17, 15) is 9.18 Å². The summed E-state index contributed by atoms with van der Waals surface area (Å²) in [6.07, 6.45) is 1.34. The maximum Gasteiger partial charge on any atom is 0.224 e. The zero-order valence-corrected chi connectivity index (χ0v) is 15.5. The predicted molar refractivity (Wildman–Crippen MR) is 103 cm³/mol. The van der Waals surface area contributed by atoms with Gasteiger partial charge in [0.15, 0.2) is 0 Å². The molecule has 0 bridgehead atoms. The number of halogens is 1. The number of benzene rings is 2. The fourth-order valence-electron chi connectivity index (χ4n) is 2.40. The van der Waals surface area contributed by atoms with E-state index in [4.69, 9.17) is 4.74 Å². The number of rotatable bonds is 9. The number of ether oxygens (including phenoxy) is 1. The van der Waals surface area contributed by atoms with Crippen LogP contribution in [0.1, 0.15) is 24.0 Å². The topological polar surface area (TPSA) is 38.3 Å². The molecule has 25 heavy (non-hydrogen) atoms. The van der Waals surface area contributed by atoms with Gasteiger partial charge in [0.1, 0.15) is 11.6 Å². The summed E-state index contributed by atoms with van der Waals surface area (Å²) >= 11 is 1.75. The van der Waals surface area contributed by atoms with Crippen LogP contribution < -0.4 is 10.1 Å². The van der Waals surface area contributed by atoms with Crippen molar-refractivity contribution in [3.63, 3.8) is 0 Å². The minimum absolute atomic E-state index is 0.0561. The molecule has 2 aromatic carbocycles. The molecule has 134 valence electrons. The summed E-state index contributed by atoms with van der Waals surface area (Å²) in [7, 11) is 0. The fraction of sp³-hybridized carbons (Fsp3) is 0.350. The Balaban J connectivity index is 1.57. The molecule has 0 saturated heterocycles. The van der Waals surface area contributed by atoms with Gasteiger partial charge in [0, 0.05) is 17.9 Å². The molecule has 0 aliphatic heterocycles. The molecular formula is C20H24FNO2S. The molecule has 5 heteroatoms. The SMILES string of the molecule is Cc1cccc(C)c1NC(=O)CCCSCCOc1ccc(F)cc1. The van der Waals surface area contributed by atoms with E-state index in [-0.39, 0.29) is 11.7 Å². The molecule has 0 aliphatic carbocycles. The minimum Gasteiger partial charge on any atom is -0.493 e. The van der Waals surface area contributed by atoms with Crippen molar-refractivity contribution in [3.8, 4) is 5.75 Å². The van der Waals surface area contributed by atoms with Crippen LogP contribution in [-0.2, 0) is 4.79 Å². The molecular weight excluding hydrogens is 337 g/mol. The highest BCUT2D eigenvalue weighted by Gasteiger charge is 2.07. The van der Waals surface area contributed by atoms with Crippen LogP contribution in [0.5, 0.6) is 5.75 Å². The first kappa shape index (κ1) is 19.3. The second-order valence-electron chi connectivity index (χ2n) is 5.83. The van der Waals surface area contributed by atoms with Crippen molar-refractivity contribution in [2.45, 2.75) is 26.7 Å². The third kappa shape index (κ3) is 6.78. The van der Waals surface area contributed by atoms with Crippen LogP contribution in [-0.4, -0.2) is 24.0 Å². The van der Waals surface area contributed by atoms with E-state index in [0.29, 0.717) is 18.8 Å². The van der Waals surface area contributed by atoms with Crippen molar-refractivity contribution < 1.29 is 13.9 Å². The van der Waals surface area contributed by atoms with Gasteiger partial charge in [-0.3, -0.25) is 4.79 Å². The minimum atomic E-state index is -0.263. The van der Waals surface area contributed by atoms with E-state index in [1.54, 1.807) is 23.9 Å². The molecule has 0 aliphatic rings. The molecule has 2 rings (SSSR count). The van der Waals surface area contributed by atoms with Gasteiger partial charge < -0.3 is 10.1 Å². The van der Waals surface area contributed by atoms with E-state index in [0.717, 1.165) is 34.7 Å². The Labute approximate surface area is 153 Å². The van der Waals surface area contributed by atoms with Gasteiger partial charge in [-0.2, -0.15) is 11.8 Å². The normalized spacial score (nSPS) is 10.5. The van der Waals surface area contributed by atoms with Gasteiger partial charge in [-0.1, -0.05) is 18.2 Å². The number of carbonyl (C=O) groups excluding carboxylic acids is 1. The summed E-state index contributed by atoms with van der Waals surface area (Å²) in [4.78, 5) is 12.0. The van der Waals surface area contributed by atoms with Crippen LogP contribution in [0.2, 0.25) is 0 Å². The monoisotopic (exact) mass is 361 g/mol. The molecule has 0 fully saturated rings. The molecule has 0 saturated carbocycles. The largest absolute Gasteiger partial charge is 0.493 e. The van der Waals surface area contributed by atoms with Gasteiger partial charge in [0.25, 0.3) is 0 Å². The number of thioether (sulfide) groups is 1. The van der Waals surface area contributed by atoms with Gasteiger partial charge in [-0.15, -0.1) is 0 Å². The van der Waals surface area contributed by atoms with Crippen molar-refractivity contribution >= 4 is 23.4 Å². The molecule has 1 N–H and O–H groups in total. The van der Waals surface area contributed by atoms with E-state index < -0.39 is 0 Å². The van der Waals surface area contributed by atoms with Crippen molar-refractivity contribution in [1.29, 1.82) is 0 Å². The summed E-state index contributed by atoms with van der Waals surface area (Å²) in [5, 5.41) is 3.00. The van der Waals surface area contributed by atoms with E-state index in [1.807, 2.05) is 32.0 Å². The van der Waals surface area contributed by atoms with Gasteiger partial charge in [-0.05, 0) is 61.4 Å². The highest BCUT2D eigenvalue weighted by molar-refractivity contribution is 7.99. The van der Waals surface area contributed by atoms with Crippen molar-refractivity contribution in [1.82, 2.24) is 0 Å². The predicted octanol–water partition coefficient (Wildman–Crippen LogP) is 4.97. The first-order valence-electron chi connectivity index (χ1n) is 8.38.